The van der Waals surface area contributed by atoms with Gasteiger partial charge in [0.25, 0.3) is 0 Å². The Morgan fingerprint density at radius 1 is 1.56 bits per heavy atom. The zero-order valence-corrected chi connectivity index (χ0v) is 11.1. The first-order valence-corrected chi connectivity index (χ1v) is 5.79. The van der Waals surface area contributed by atoms with Crippen molar-refractivity contribution < 1.29 is 0 Å². The lowest BCUT2D eigenvalue weighted by atomic mass is 9.87. The predicted octanol–water partition coefficient (Wildman–Crippen LogP) is 1.23. The molecule has 1 atom stereocenters. The largest absolute Gasteiger partial charge is 0.337 e. The first kappa shape index (κ1) is 13.2. The monoisotopic (exact) mass is 224 g/mol. The maximum absolute atomic E-state index is 5.91. The average Bonchev–Trinajstić information content (AvgIpc) is 2.62. The molecular weight excluding hydrogens is 200 g/mol. The Morgan fingerprint density at radius 3 is 2.56 bits per heavy atom. The Kier molecular flexibility index (Phi) is 4.10. The van der Waals surface area contributed by atoms with E-state index in [2.05, 4.69) is 37.7 Å². The molecule has 0 radical (unpaired) electrons. The van der Waals surface area contributed by atoms with Gasteiger partial charge in [-0.1, -0.05) is 13.8 Å². The van der Waals surface area contributed by atoms with Gasteiger partial charge >= 0.3 is 0 Å². The number of hydrogen-bond acceptors (Lipinski definition) is 3. The molecule has 0 amide bonds. The van der Waals surface area contributed by atoms with Crippen molar-refractivity contribution in [3.8, 4) is 0 Å². The summed E-state index contributed by atoms with van der Waals surface area (Å²) in [5, 5.41) is 0. The topological polar surface area (TPSA) is 47.1 Å². The molecule has 0 bridgehead atoms. The van der Waals surface area contributed by atoms with E-state index in [0.717, 1.165) is 12.4 Å². The van der Waals surface area contributed by atoms with E-state index in [9.17, 15) is 0 Å². The van der Waals surface area contributed by atoms with Crippen molar-refractivity contribution in [3.05, 3.63) is 18.2 Å². The standard InChI is InChI=1S/C12H24N4/c1-10(2)12(3,9-13)16(5)8-11-14-6-7-15(11)4/h6-7,10H,8-9,13H2,1-5H3. The van der Waals surface area contributed by atoms with E-state index in [-0.39, 0.29) is 5.54 Å². The zero-order valence-electron chi connectivity index (χ0n) is 11.1. The summed E-state index contributed by atoms with van der Waals surface area (Å²) in [4.78, 5) is 6.64. The van der Waals surface area contributed by atoms with Crippen LogP contribution in [-0.4, -0.2) is 33.6 Å². The summed E-state index contributed by atoms with van der Waals surface area (Å²) in [5.74, 6) is 1.59. The summed E-state index contributed by atoms with van der Waals surface area (Å²) in [6.45, 7) is 8.12. The van der Waals surface area contributed by atoms with Gasteiger partial charge in [0.1, 0.15) is 5.82 Å². The molecule has 16 heavy (non-hydrogen) atoms. The minimum absolute atomic E-state index is 0.0198. The van der Waals surface area contributed by atoms with Gasteiger partial charge in [-0.05, 0) is 19.9 Å². The number of aryl methyl sites for hydroxylation is 1. The smallest absolute Gasteiger partial charge is 0.122 e. The van der Waals surface area contributed by atoms with Crippen LogP contribution < -0.4 is 5.73 Å². The summed E-state index contributed by atoms with van der Waals surface area (Å²) in [6.07, 6.45) is 3.80. The molecule has 0 aliphatic rings. The molecule has 2 N–H and O–H groups in total. The van der Waals surface area contributed by atoms with Crippen molar-refractivity contribution in [1.82, 2.24) is 14.5 Å². The molecule has 4 nitrogen and oxygen atoms in total. The average molecular weight is 224 g/mol. The molecule has 0 saturated carbocycles. The van der Waals surface area contributed by atoms with E-state index in [0.29, 0.717) is 12.5 Å². The van der Waals surface area contributed by atoms with Gasteiger partial charge in [-0.15, -0.1) is 0 Å². The van der Waals surface area contributed by atoms with E-state index in [1.165, 1.54) is 0 Å². The molecule has 92 valence electrons. The van der Waals surface area contributed by atoms with Gasteiger partial charge in [0, 0.05) is 31.5 Å². The molecule has 1 unspecified atom stereocenters. The van der Waals surface area contributed by atoms with Gasteiger partial charge in [-0.25, -0.2) is 4.98 Å². The molecule has 1 rings (SSSR count). The summed E-state index contributed by atoms with van der Waals surface area (Å²) < 4.78 is 2.05. The lowest BCUT2D eigenvalue weighted by Crippen LogP contribution is -2.53. The van der Waals surface area contributed by atoms with Crippen molar-refractivity contribution in [3.63, 3.8) is 0 Å². The van der Waals surface area contributed by atoms with Crippen molar-refractivity contribution in [1.29, 1.82) is 0 Å². The molecule has 1 aromatic rings. The molecule has 1 heterocycles. The first-order chi connectivity index (χ1) is 7.41. The molecule has 0 aliphatic heterocycles. The van der Waals surface area contributed by atoms with Crippen molar-refractivity contribution in [2.75, 3.05) is 13.6 Å². The van der Waals surface area contributed by atoms with Crippen LogP contribution >= 0.6 is 0 Å². The van der Waals surface area contributed by atoms with Crippen LogP contribution in [0.4, 0.5) is 0 Å². The number of nitrogens with two attached hydrogens (primary N) is 1. The minimum Gasteiger partial charge on any atom is -0.337 e. The van der Waals surface area contributed by atoms with Gasteiger partial charge in [-0.3, -0.25) is 4.90 Å². The normalized spacial score (nSPS) is 15.8. The first-order valence-electron chi connectivity index (χ1n) is 5.79. The van der Waals surface area contributed by atoms with Crippen molar-refractivity contribution >= 4 is 0 Å². The minimum atomic E-state index is 0.0198. The highest BCUT2D eigenvalue weighted by Gasteiger charge is 2.31. The molecule has 0 aromatic carbocycles. The Hall–Kier alpha value is -0.870. The van der Waals surface area contributed by atoms with Crippen LogP contribution in [0.25, 0.3) is 0 Å². The number of aromatic nitrogens is 2. The van der Waals surface area contributed by atoms with E-state index < -0.39 is 0 Å². The molecular formula is C12H24N4. The van der Waals surface area contributed by atoms with Crippen LogP contribution in [0.3, 0.4) is 0 Å². The molecule has 0 fully saturated rings. The van der Waals surface area contributed by atoms with Gasteiger partial charge in [0.15, 0.2) is 0 Å². The SMILES string of the molecule is CC(C)C(C)(CN)N(C)Cc1nccn1C. The van der Waals surface area contributed by atoms with Crippen LogP contribution in [0.5, 0.6) is 0 Å². The second-order valence-corrected chi connectivity index (χ2v) is 5.03. The zero-order chi connectivity index (χ0) is 12.3. The molecule has 0 spiro atoms. The van der Waals surface area contributed by atoms with Gasteiger partial charge in [0.2, 0.25) is 0 Å². The fourth-order valence-electron chi connectivity index (χ4n) is 1.77. The summed E-state index contributed by atoms with van der Waals surface area (Å²) >= 11 is 0. The lowest BCUT2D eigenvalue weighted by molar-refractivity contribution is 0.0844. The number of hydrogen-bond donors (Lipinski definition) is 1. The third-order valence-corrected chi connectivity index (χ3v) is 3.83. The number of imidazole rings is 1. The highest BCUT2D eigenvalue weighted by Crippen LogP contribution is 2.23. The van der Waals surface area contributed by atoms with Crippen molar-refractivity contribution in [2.24, 2.45) is 18.7 Å². The summed E-state index contributed by atoms with van der Waals surface area (Å²) in [6, 6.07) is 0. The van der Waals surface area contributed by atoms with Crippen LogP contribution in [-0.2, 0) is 13.6 Å². The Morgan fingerprint density at radius 2 is 2.19 bits per heavy atom. The van der Waals surface area contributed by atoms with Crippen LogP contribution in [0.2, 0.25) is 0 Å². The van der Waals surface area contributed by atoms with Crippen molar-refractivity contribution in [2.45, 2.75) is 32.9 Å². The van der Waals surface area contributed by atoms with E-state index in [4.69, 9.17) is 5.73 Å². The quantitative estimate of drug-likeness (QED) is 0.818. The fourth-order valence-corrected chi connectivity index (χ4v) is 1.77. The highest BCUT2D eigenvalue weighted by molar-refractivity contribution is 4.95. The van der Waals surface area contributed by atoms with Crippen LogP contribution in [0.15, 0.2) is 12.4 Å². The summed E-state index contributed by atoms with van der Waals surface area (Å²) in [5.41, 5.74) is 5.93. The van der Waals surface area contributed by atoms with Crippen LogP contribution in [0, 0.1) is 5.92 Å². The third kappa shape index (κ3) is 2.44. The molecule has 4 heteroatoms. The Balaban J connectivity index is 2.78. The molecule has 0 aliphatic carbocycles. The van der Waals surface area contributed by atoms with E-state index >= 15 is 0 Å². The number of rotatable bonds is 5. The summed E-state index contributed by atoms with van der Waals surface area (Å²) in [7, 11) is 4.13. The molecule has 0 saturated heterocycles. The lowest BCUT2D eigenvalue weighted by Gasteiger charge is -2.41. The number of nitrogens with zero attached hydrogens (tertiary/aromatic N) is 3. The van der Waals surface area contributed by atoms with E-state index in [1.54, 1.807) is 0 Å². The maximum atomic E-state index is 5.91. The Labute approximate surface area is 98.5 Å². The third-order valence-electron chi connectivity index (χ3n) is 3.83. The van der Waals surface area contributed by atoms with E-state index in [1.807, 2.05) is 24.0 Å². The highest BCUT2D eigenvalue weighted by atomic mass is 15.2. The second-order valence-electron chi connectivity index (χ2n) is 5.03. The predicted molar refractivity (Wildman–Crippen MR) is 67.0 cm³/mol. The fraction of sp³-hybridized carbons (Fsp3) is 0.750. The maximum Gasteiger partial charge on any atom is 0.122 e. The molecule has 1 aromatic heterocycles. The second kappa shape index (κ2) is 4.97. The van der Waals surface area contributed by atoms with Gasteiger partial charge in [-0.2, -0.15) is 0 Å². The Bertz CT molecular complexity index is 332. The van der Waals surface area contributed by atoms with Gasteiger partial charge < -0.3 is 10.3 Å². The van der Waals surface area contributed by atoms with Crippen LogP contribution in [0.1, 0.15) is 26.6 Å². The van der Waals surface area contributed by atoms with Gasteiger partial charge in [0.05, 0.1) is 6.54 Å². The number of likely N-dealkylation sites (N-methyl/N-ethyl adjacent to an activating group) is 1.